The van der Waals surface area contributed by atoms with Crippen molar-refractivity contribution in [3.05, 3.63) is 66.2 Å². The van der Waals surface area contributed by atoms with Crippen LogP contribution in [-0.4, -0.2) is 43.4 Å². The van der Waals surface area contributed by atoms with Crippen LogP contribution in [0, 0.1) is 5.92 Å². The summed E-state index contributed by atoms with van der Waals surface area (Å²) in [7, 11) is 3.23. The number of carbonyl (C=O) groups excluding carboxylic acids is 1. The van der Waals surface area contributed by atoms with Gasteiger partial charge in [-0.3, -0.25) is 4.79 Å². The lowest BCUT2D eigenvalue weighted by molar-refractivity contribution is -0.125. The van der Waals surface area contributed by atoms with Gasteiger partial charge in [-0.2, -0.15) is 0 Å². The molecular formula is C25H28N4O3. The molecule has 7 heteroatoms. The first-order valence-electron chi connectivity index (χ1n) is 10.8. The molecule has 1 aliphatic heterocycles. The molecule has 1 unspecified atom stereocenters. The van der Waals surface area contributed by atoms with Crippen molar-refractivity contribution in [2.24, 2.45) is 5.92 Å². The van der Waals surface area contributed by atoms with Crippen LogP contribution in [-0.2, 0) is 11.3 Å². The van der Waals surface area contributed by atoms with Crippen LogP contribution in [0.1, 0.15) is 18.4 Å². The van der Waals surface area contributed by atoms with Crippen molar-refractivity contribution in [2.45, 2.75) is 19.4 Å². The minimum atomic E-state index is -0.0939. The predicted molar refractivity (Wildman–Crippen MR) is 124 cm³/mol. The first-order valence-corrected chi connectivity index (χ1v) is 10.8. The number of hydrogen-bond donors (Lipinski definition) is 1. The quantitative estimate of drug-likeness (QED) is 0.614. The van der Waals surface area contributed by atoms with Crippen LogP contribution >= 0.6 is 0 Å². The van der Waals surface area contributed by atoms with Crippen molar-refractivity contribution in [3.63, 3.8) is 0 Å². The number of aromatic nitrogens is 2. The second-order valence-electron chi connectivity index (χ2n) is 7.82. The molecule has 0 spiro atoms. The van der Waals surface area contributed by atoms with Gasteiger partial charge in [0.1, 0.15) is 11.5 Å². The Morgan fingerprint density at radius 1 is 1.06 bits per heavy atom. The Morgan fingerprint density at radius 3 is 2.62 bits per heavy atom. The van der Waals surface area contributed by atoms with Crippen LogP contribution < -0.4 is 19.7 Å². The molecule has 0 aliphatic carbocycles. The zero-order valence-corrected chi connectivity index (χ0v) is 18.5. The van der Waals surface area contributed by atoms with Gasteiger partial charge in [-0.25, -0.2) is 0 Å². The lowest BCUT2D eigenvalue weighted by atomic mass is 9.97. The fourth-order valence-corrected chi connectivity index (χ4v) is 3.98. The first kappa shape index (κ1) is 21.6. The smallest absolute Gasteiger partial charge is 0.225 e. The first-order chi connectivity index (χ1) is 15.7. The maximum atomic E-state index is 12.9. The van der Waals surface area contributed by atoms with E-state index in [2.05, 4.69) is 20.4 Å². The number of nitrogens with one attached hydrogen (secondary N) is 1. The molecule has 1 amide bonds. The fourth-order valence-electron chi connectivity index (χ4n) is 3.98. The number of benzene rings is 2. The van der Waals surface area contributed by atoms with Gasteiger partial charge in [0.15, 0.2) is 5.82 Å². The highest BCUT2D eigenvalue weighted by Crippen LogP contribution is 2.26. The molecule has 32 heavy (non-hydrogen) atoms. The monoisotopic (exact) mass is 432 g/mol. The van der Waals surface area contributed by atoms with Crippen LogP contribution in [0.15, 0.2) is 60.7 Å². The summed E-state index contributed by atoms with van der Waals surface area (Å²) < 4.78 is 10.7. The lowest BCUT2D eigenvalue weighted by Gasteiger charge is -2.32. The minimum Gasteiger partial charge on any atom is -0.497 e. The summed E-state index contributed by atoms with van der Waals surface area (Å²) in [4.78, 5) is 15.0. The van der Waals surface area contributed by atoms with E-state index in [4.69, 9.17) is 9.47 Å². The third-order valence-electron chi connectivity index (χ3n) is 5.78. The maximum absolute atomic E-state index is 12.9. The average molecular weight is 433 g/mol. The van der Waals surface area contributed by atoms with Gasteiger partial charge in [-0.1, -0.05) is 30.3 Å². The van der Waals surface area contributed by atoms with Gasteiger partial charge in [-0.15, -0.1) is 10.2 Å². The number of rotatable bonds is 7. The molecule has 0 bridgehead atoms. The highest BCUT2D eigenvalue weighted by atomic mass is 16.5. The van der Waals surface area contributed by atoms with Crippen LogP contribution in [0.3, 0.4) is 0 Å². The van der Waals surface area contributed by atoms with Crippen LogP contribution in [0.25, 0.3) is 11.3 Å². The van der Waals surface area contributed by atoms with E-state index in [1.54, 1.807) is 14.2 Å². The van der Waals surface area contributed by atoms with Crippen molar-refractivity contribution in [1.29, 1.82) is 0 Å². The molecular weight excluding hydrogens is 404 g/mol. The Kier molecular flexibility index (Phi) is 6.84. The second kappa shape index (κ2) is 10.1. The van der Waals surface area contributed by atoms with Crippen molar-refractivity contribution < 1.29 is 14.3 Å². The van der Waals surface area contributed by atoms with E-state index in [1.165, 1.54) is 0 Å². The number of carbonyl (C=O) groups is 1. The van der Waals surface area contributed by atoms with E-state index >= 15 is 0 Å². The highest BCUT2D eigenvalue weighted by Gasteiger charge is 2.26. The SMILES string of the molecule is COc1ccc(CNC(=O)C2CCCN(c3ccc(-c4ccccc4)nn3)C2)c(OC)c1. The number of anilines is 1. The second-order valence-corrected chi connectivity index (χ2v) is 7.82. The number of amides is 1. The number of hydrogen-bond acceptors (Lipinski definition) is 6. The minimum absolute atomic E-state index is 0.0430. The molecule has 3 aromatic rings. The van der Waals surface area contributed by atoms with Gasteiger partial charge in [-0.05, 0) is 37.1 Å². The molecule has 166 valence electrons. The van der Waals surface area contributed by atoms with Gasteiger partial charge in [0.2, 0.25) is 5.91 Å². The Labute approximate surface area is 188 Å². The molecule has 7 nitrogen and oxygen atoms in total. The zero-order valence-electron chi connectivity index (χ0n) is 18.5. The van der Waals surface area contributed by atoms with Crippen LogP contribution in [0.2, 0.25) is 0 Å². The van der Waals surface area contributed by atoms with Crippen LogP contribution in [0.4, 0.5) is 5.82 Å². The summed E-state index contributed by atoms with van der Waals surface area (Å²) in [5, 5.41) is 11.9. The number of ether oxygens (including phenoxy) is 2. The van der Waals surface area contributed by atoms with Crippen molar-refractivity contribution in [3.8, 4) is 22.8 Å². The standard InChI is InChI=1S/C25H28N4O3/c1-31-21-11-10-19(23(15-21)32-2)16-26-25(30)20-9-6-14-29(17-20)24-13-12-22(27-28-24)18-7-4-3-5-8-18/h3-5,7-8,10-13,15,20H,6,9,14,16-17H2,1-2H3,(H,26,30). The summed E-state index contributed by atoms with van der Waals surface area (Å²) in [6, 6.07) is 19.6. The number of nitrogens with zero attached hydrogens (tertiary/aromatic N) is 3. The fraction of sp³-hybridized carbons (Fsp3) is 0.320. The summed E-state index contributed by atoms with van der Waals surface area (Å²) in [5.74, 6) is 2.17. The van der Waals surface area contributed by atoms with Crippen LogP contribution in [0.5, 0.6) is 11.5 Å². The molecule has 1 fully saturated rings. The summed E-state index contributed by atoms with van der Waals surface area (Å²) >= 11 is 0. The van der Waals surface area contributed by atoms with Gasteiger partial charge >= 0.3 is 0 Å². The summed E-state index contributed by atoms with van der Waals surface area (Å²) in [6.07, 6.45) is 1.80. The van der Waals surface area contributed by atoms with Gasteiger partial charge in [0.25, 0.3) is 0 Å². The Hall–Kier alpha value is -3.61. The molecule has 0 saturated carbocycles. The zero-order chi connectivity index (χ0) is 22.3. The third-order valence-corrected chi connectivity index (χ3v) is 5.78. The van der Waals surface area contributed by atoms with E-state index in [9.17, 15) is 4.79 Å². The molecule has 1 aromatic heterocycles. The van der Waals surface area contributed by atoms with Crippen molar-refractivity contribution in [2.75, 3.05) is 32.2 Å². The predicted octanol–water partition coefficient (Wildman–Crippen LogP) is 3.69. The average Bonchev–Trinajstić information content (AvgIpc) is 2.87. The molecule has 1 N–H and O–H groups in total. The molecule has 2 heterocycles. The summed E-state index contributed by atoms with van der Waals surface area (Å²) in [5.41, 5.74) is 2.79. The van der Waals surface area contributed by atoms with E-state index in [-0.39, 0.29) is 11.8 Å². The largest absolute Gasteiger partial charge is 0.497 e. The molecule has 1 aliphatic rings. The lowest BCUT2D eigenvalue weighted by Crippen LogP contribution is -2.43. The van der Waals surface area contributed by atoms with Crippen molar-refractivity contribution in [1.82, 2.24) is 15.5 Å². The molecule has 1 saturated heterocycles. The van der Waals surface area contributed by atoms with Gasteiger partial charge < -0.3 is 19.7 Å². The molecule has 4 rings (SSSR count). The molecule has 1 atom stereocenters. The van der Waals surface area contributed by atoms with E-state index in [1.807, 2.05) is 60.7 Å². The molecule has 2 aromatic carbocycles. The number of piperidine rings is 1. The van der Waals surface area contributed by atoms with Gasteiger partial charge in [0.05, 0.1) is 25.8 Å². The van der Waals surface area contributed by atoms with E-state index in [0.717, 1.165) is 47.8 Å². The topological polar surface area (TPSA) is 76.6 Å². The van der Waals surface area contributed by atoms with E-state index < -0.39 is 0 Å². The number of methoxy groups -OCH3 is 2. The van der Waals surface area contributed by atoms with E-state index in [0.29, 0.717) is 18.8 Å². The maximum Gasteiger partial charge on any atom is 0.225 e. The van der Waals surface area contributed by atoms with Gasteiger partial charge in [0, 0.05) is 36.8 Å². The third kappa shape index (κ3) is 4.99. The summed E-state index contributed by atoms with van der Waals surface area (Å²) in [6.45, 7) is 1.91. The molecule has 0 radical (unpaired) electrons. The van der Waals surface area contributed by atoms with Crippen molar-refractivity contribution >= 4 is 11.7 Å². The Bertz CT molecular complexity index is 1040. The Balaban J connectivity index is 1.37. The normalized spacial score (nSPS) is 15.8. The highest BCUT2D eigenvalue weighted by molar-refractivity contribution is 5.79. The Morgan fingerprint density at radius 2 is 1.91 bits per heavy atom.